The highest BCUT2D eigenvalue weighted by atomic mass is 19.4. The number of hydrogen-bond donors (Lipinski definition) is 1. The average molecular weight is 507 g/mol. The van der Waals surface area contributed by atoms with Crippen molar-refractivity contribution in [2.75, 3.05) is 59.3 Å². The number of methoxy groups -OCH3 is 1. The molecule has 0 bridgehead atoms. The number of hydrogen-bond acceptors (Lipinski definition) is 5. The van der Waals surface area contributed by atoms with E-state index < -0.39 is 11.7 Å². The fourth-order valence-corrected chi connectivity index (χ4v) is 4.56. The number of halogens is 3. The standard InChI is InChI=1S/C27H37F3N4O2/c1-20(19-36-4)33-13-12-23-21(17-33)9-7-11-25(23)31-16-26(35)34(15-14-32(2)3)18-22-8-5-6-10-24(22)27(28,29)30/h5-11,20,31H,12-19H2,1-4H3. The highest BCUT2D eigenvalue weighted by Crippen LogP contribution is 2.32. The van der Waals surface area contributed by atoms with Gasteiger partial charge in [-0.2, -0.15) is 13.2 Å². The summed E-state index contributed by atoms with van der Waals surface area (Å²) < 4.78 is 45.9. The Morgan fingerprint density at radius 2 is 1.89 bits per heavy atom. The van der Waals surface area contributed by atoms with Crippen LogP contribution < -0.4 is 5.32 Å². The molecule has 0 aromatic heterocycles. The molecule has 198 valence electrons. The fourth-order valence-electron chi connectivity index (χ4n) is 4.56. The molecule has 36 heavy (non-hydrogen) atoms. The van der Waals surface area contributed by atoms with E-state index in [4.69, 9.17) is 4.74 Å². The molecule has 0 saturated heterocycles. The van der Waals surface area contributed by atoms with Crippen LogP contribution in [0.3, 0.4) is 0 Å². The molecule has 1 aliphatic heterocycles. The Morgan fingerprint density at radius 1 is 1.14 bits per heavy atom. The maximum atomic E-state index is 13.5. The third-order valence-electron chi connectivity index (χ3n) is 6.61. The van der Waals surface area contributed by atoms with Crippen LogP contribution in [0.1, 0.15) is 29.2 Å². The highest BCUT2D eigenvalue weighted by molar-refractivity contribution is 5.81. The molecule has 1 amide bonds. The van der Waals surface area contributed by atoms with Gasteiger partial charge in [0, 0.05) is 51.6 Å². The van der Waals surface area contributed by atoms with Crippen LogP contribution in [0.15, 0.2) is 42.5 Å². The number of amides is 1. The monoisotopic (exact) mass is 506 g/mol. The van der Waals surface area contributed by atoms with Crippen molar-refractivity contribution >= 4 is 11.6 Å². The molecule has 0 spiro atoms. The number of alkyl halides is 3. The zero-order chi connectivity index (χ0) is 26.3. The van der Waals surface area contributed by atoms with Crippen molar-refractivity contribution in [2.24, 2.45) is 0 Å². The smallest absolute Gasteiger partial charge is 0.383 e. The van der Waals surface area contributed by atoms with Crippen molar-refractivity contribution in [3.8, 4) is 0 Å². The molecule has 2 aromatic carbocycles. The van der Waals surface area contributed by atoms with Crippen LogP contribution in [0.25, 0.3) is 0 Å². The van der Waals surface area contributed by atoms with Crippen molar-refractivity contribution in [3.05, 3.63) is 64.7 Å². The summed E-state index contributed by atoms with van der Waals surface area (Å²) >= 11 is 0. The van der Waals surface area contributed by atoms with Crippen LogP contribution in [0.5, 0.6) is 0 Å². The van der Waals surface area contributed by atoms with E-state index in [9.17, 15) is 18.0 Å². The summed E-state index contributed by atoms with van der Waals surface area (Å²) in [6.07, 6.45) is -3.62. The minimum Gasteiger partial charge on any atom is -0.383 e. The fraction of sp³-hybridized carbons (Fsp3) is 0.519. The van der Waals surface area contributed by atoms with Gasteiger partial charge in [-0.3, -0.25) is 9.69 Å². The lowest BCUT2D eigenvalue weighted by Crippen LogP contribution is -2.41. The summed E-state index contributed by atoms with van der Waals surface area (Å²) in [6, 6.07) is 11.8. The van der Waals surface area contributed by atoms with Crippen molar-refractivity contribution in [3.63, 3.8) is 0 Å². The maximum Gasteiger partial charge on any atom is 0.416 e. The van der Waals surface area contributed by atoms with Gasteiger partial charge >= 0.3 is 6.18 Å². The second-order valence-electron chi connectivity index (χ2n) is 9.60. The first-order chi connectivity index (χ1) is 17.1. The minimum absolute atomic E-state index is 0.0157. The first-order valence-corrected chi connectivity index (χ1v) is 12.3. The number of anilines is 1. The molecule has 0 radical (unpaired) electrons. The maximum absolute atomic E-state index is 13.5. The molecular weight excluding hydrogens is 469 g/mol. The van der Waals surface area contributed by atoms with Gasteiger partial charge in [-0.1, -0.05) is 30.3 Å². The normalized spacial score (nSPS) is 15.0. The Labute approximate surface area is 212 Å². The Bertz CT molecular complexity index is 1010. The third kappa shape index (κ3) is 7.44. The number of carbonyl (C=O) groups is 1. The molecule has 2 aromatic rings. The van der Waals surface area contributed by atoms with Crippen LogP contribution in [-0.4, -0.2) is 80.6 Å². The number of likely N-dealkylation sites (N-methyl/N-ethyl adjacent to an activating group) is 1. The van der Waals surface area contributed by atoms with Gasteiger partial charge in [0.25, 0.3) is 0 Å². The lowest BCUT2D eigenvalue weighted by Gasteiger charge is -2.34. The van der Waals surface area contributed by atoms with Gasteiger partial charge < -0.3 is 19.9 Å². The predicted octanol–water partition coefficient (Wildman–Crippen LogP) is 4.10. The Kier molecular flexibility index (Phi) is 9.76. The molecule has 1 aliphatic rings. The highest BCUT2D eigenvalue weighted by Gasteiger charge is 2.33. The van der Waals surface area contributed by atoms with E-state index in [0.717, 1.165) is 31.3 Å². The Hall–Kier alpha value is -2.62. The molecule has 1 atom stereocenters. The van der Waals surface area contributed by atoms with Crippen molar-refractivity contribution in [1.29, 1.82) is 0 Å². The van der Waals surface area contributed by atoms with E-state index >= 15 is 0 Å². The van der Waals surface area contributed by atoms with E-state index in [1.54, 1.807) is 13.2 Å². The molecule has 1 heterocycles. The topological polar surface area (TPSA) is 48.1 Å². The lowest BCUT2D eigenvalue weighted by atomic mass is 9.96. The van der Waals surface area contributed by atoms with Gasteiger partial charge in [-0.15, -0.1) is 0 Å². The largest absolute Gasteiger partial charge is 0.416 e. The summed E-state index contributed by atoms with van der Waals surface area (Å²) in [5.41, 5.74) is 2.70. The first-order valence-electron chi connectivity index (χ1n) is 12.3. The summed E-state index contributed by atoms with van der Waals surface area (Å²) in [5.74, 6) is -0.238. The number of rotatable bonds is 11. The van der Waals surface area contributed by atoms with Crippen LogP contribution in [0.2, 0.25) is 0 Å². The first kappa shape index (κ1) is 28.0. The van der Waals surface area contributed by atoms with Crippen LogP contribution >= 0.6 is 0 Å². The molecule has 3 rings (SSSR count). The quantitative estimate of drug-likeness (QED) is 0.497. The average Bonchev–Trinajstić information content (AvgIpc) is 2.84. The van der Waals surface area contributed by atoms with E-state index in [1.165, 1.54) is 28.2 Å². The van der Waals surface area contributed by atoms with Crippen LogP contribution in [-0.2, 0) is 35.2 Å². The molecule has 9 heteroatoms. The van der Waals surface area contributed by atoms with Gasteiger partial charge in [-0.25, -0.2) is 0 Å². The molecule has 1 unspecified atom stereocenters. The van der Waals surface area contributed by atoms with E-state index in [1.807, 2.05) is 31.1 Å². The predicted molar refractivity (Wildman–Crippen MR) is 136 cm³/mol. The van der Waals surface area contributed by atoms with Crippen molar-refractivity contribution in [1.82, 2.24) is 14.7 Å². The van der Waals surface area contributed by atoms with Crippen LogP contribution in [0, 0.1) is 0 Å². The number of fused-ring (bicyclic) bond motifs is 1. The number of nitrogens with one attached hydrogen (secondary N) is 1. The Balaban J connectivity index is 1.72. The number of benzene rings is 2. The van der Waals surface area contributed by atoms with Gasteiger partial charge in [-0.05, 0) is 56.3 Å². The van der Waals surface area contributed by atoms with Crippen molar-refractivity contribution in [2.45, 2.75) is 38.7 Å². The molecule has 1 N–H and O–H groups in total. The SMILES string of the molecule is COCC(C)N1CCc2c(cccc2NCC(=O)N(CCN(C)C)Cc2ccccc2C(F)(F)F)C1. The third-order valence-corrected chi connectivity index (χ3v) is 6.61. The lowest BCUT2D eigenvalue weighted by molar-refractivity contribution is -0.139. The molecule has 0 fully saturated rings. The summed E-state index contributed by atoms with van der Waals surface area (Å²) in [4.78, 5) is 19.0. The minimum atomic E-state index is -4.47. The summed E-state index contributed by atoms with van der Waals surface area (Å²) in [6.45, 7) is 5.33. The zero-order valence-corrected chi connectivity index (χ0v) is 21.6. The number of ether oxygens (including phenoxy) is 1. The number of carbonyl (C=O) groups excluding carboxylic acids is 1. The van der Waals surface area contributed by atoms with E-state index in [0.29, 0.717) is 25.7 Å². The molecule has 0 saturated carbocycles. The summed E-state index contributed by atoms with van der Waals surface area (Å²) in [5, 5.41) is 3.27. The second kappa shape index (κ2) is 12.6. The van der Waals surface area contributed by atoms with Crippen LogP contribution in [0.4, 0.5) is 18.9 Å². The molecular formula is C27H37F3N4O2. The van der Waals surface area contributed by atoms with E-state index in [-0.39, 0.29) is 24.6 Å². The van der Waals surface area contributed by atoms with Gasteiger partial charge in [0.15, 0.2) is 0 Å². The molecule has 0 aliphatic carbocycles. The van der Waals surface area contributed by atoms with Gasteiger partial charge in [0.2, 0.25) is 5.91 Å². The van der Waals surface area contributed by atoms with Gasteiger partial charge in [0.05, 0.1) is 18.7 Å². The van der Waals surface area contributed by atoms with Crippen molar-refractivity contribution < 1.29 is 22.7 Å². The zero-order valence-electron chi connectivity index (χ0n) is 21.6. The number of nitrogens with zero attached hydrogens (tertiary/aromatic N) is 3. The van der Waals surface area contributed by atoms with Gasteiger partial charge in [0.1, 0.15) is 0 Å². The Morgan fingerprint density at radius 3 is 2.58 bits per heavy atom. The van der Waals surface area contributed by atoms with E-state index in [2.05, 4.69) is 23.2 Å². The summed E-state index contributed by atoms with van der Waals surface area (Å²) in [7, 11) is 5.45. The second-order valence-corrected chi connectivity index (χ2v) is 9.60. The molecule has 6 nitrogen and oxygen atoms in total.